The quantitative estimate of drug-likeness (QED) is 0.648. The van der Waals surface area contributed by atoms with Gasteiger partial charge in [-0.15, -0.1) is 11.5 Å². The molecule has 2 nitrogen and oxygen atoms in total. The molecular formula is C20H26BaO2. The summed E-state index contributed by atoms with van der Waals surface area (Å²) < 4.78 is 0. The predicted octanol–water partition coefficient (Wildman–Crippen LogP) is 3.82. The van der Waals surface area contributed by atoms with E-state index in [-0.39, 0.29) is 60.4 Å². The van der Waals surface area contributed by atoms with E-state index in [2.05, 4.69) is 13.8 Å². The van der Waals surface area contributed by atoms with Crippen LogP contribution < -0.4 is 10.2 Å². The van der Waals surface area contributed by atoms with Crippen molar-refractivity contribution < 1.29 is 10.2 Å². The zero-order valence-electron chi connectivity index (χ0n) is 14.4. The molecule has 0 aromatic heterocycles. The van der Waals surface area contributed by atoms with Gasteiger partial charge in [-0.05, 0) is 36.8 Å². The minimum atomic E-state index is 0. The van der Waals surface area contributed by atoms with E-state index in [0.29, 0.717) is 0 Å². The Balaban J connectivity index is 0.000000403. The smallest absolute Gasteiger partial charge is 0.872 e. The van der Waals surface area contributed by atoms with Gasteiger partial charge in [-0.1, -0.05) is 75.2 Å². The van der Waals surface area contributed by atoms with E-state index in [1.54, 1.807) is 24.3 Å². The van der Waals surface area contributed by atoms with Gasteiger partial charge in [0.25, 0.3) is 0 Å². The van der Waals surface area contributed by atoms with Gasteiger partial charge in [0, 0.05) is 0 Å². The maximum absolute atomic E-state index is 10.9. The zero-order chi connectivity index (χ0) is 16.2. The third-order valence-corrected chi connectivity index (χ3v) is 3.43. The SMILES string of the molecule is CCCCc1cccc([O-])c1.CCCCc1cccc([O-])c1.[Ba+2]. The van der Waals surface area contributed by atoms with Crippen molar-refractivity contribution in [1.82, 2.24) is 0 Å². The van der Waals surface area contributed by atoms with Crippen LogP contribution in [0.5, 0.6) is 11.5 Å². The van der Waals surface area contributed by atoms with Crippen molar-refractivity contribution in [2.75, 3.05) is 0 Å². The molecule has 0 spiro atoms. The van der Waals surface area contributed by atoms with Crippen LogP contribution in [-0.4, -0.2) is 48.9 Å². The summed E-state index contributed by atoms with van der Waals surface area (Å²) in [7, 11) is 0. The van der Waals surface area contributed by atoms with E-state index < -0.39 is 0 Å². The number of hydrogen-bond acceptors (Lipinski definition) is 2. The molecule has 2 aromatic carbocycles. The largest absolute Gasteiger partial charge is 2.00 e. The summed E-state index contributed by atoms with van der Waals surface area (Å²) in [5.41, 5.74) is 2.33. The number of hydrogen-bond donors (Lipinski definition) is 0. The van der Waals surface area contributed by atoms with Crippen molar-refractivity contribution in [2.45, 2.75) is 52.4 Å². The Morgan fingerprint density at radius 1 is 0.696 bits per heavy atom. The van der Waals surface area contributed by atoms with Crippen molar-refractivity contribution in [3.63, 3.8) is 0 Å². The summed E-state index contributed by atoms with van der Waals surface area (Å²) in [5, 5.41) is 21.7. The van der Waals surface area contributed by atoms with Crippen LogP contribution >= 0.6 is 0 Å². The number of aryl methyl sites for hydroxylation is 2. The van der Waals surface area contributed by atoms with Gasteiger partial charge in [0.1, 0.15) is 0 Å². The molecule has 0 amide bonds. The van der Waals surface area contributed by atoms with E-state index in [9.17, 15) is 10.2 Å². The molecule has 0 atom stereocenters. The van der Waals surface area contributed by atoms with Gasteiger partial charge in [0.15, 0.2) is 0 Å². The molecule has 0 heterocycles. The standard InChI is InChI=1S/2C10H14O.Ba/c2*1-2-3-5-9-6-4-7-10(11)8-9;/h2*4,6-8,11H,2-3,5H2,1H3;/q;;+2/p-2. The number of unbranched alkanes of at least 4 members (excludes halogenated alkanes) is 2. The van der Waals surface area contributed by atoms with Crippen LogP contribution in [0.2, 0.25) is 0 Å². The summed E-state index contributed by atoms with van der Waals surface area (Å²) >= 11 is 0. The van der Waals surface area contributed by atoms with Crippen LogP contribution in [0.3, 0.4) is 0 Å². The van der Waals surface area contributed by atoms with Crippen LogP contribution in [0.4, 0.5) is 0 Å². The molecule has 0 N–H and O–H groups in total. The fourth-order valence-corrected chi connectivity index (χ4v) is 2.16. The first-order chi connectivity index (χ1) is 10.7. The molecule has 0 radical (unpaired) electrons. The van der Waals surface area contributed by atoms with Crippen LogP contribution in [0.15, 0.2) is 48.5 Å². The minimum absolute atomic E-state index is 0. The second-order valence-corrected chi connectivity index (χ2v) is 5.50. The van der Waals surface area contributed by atoms with Gasteiger partial charge in [-0.2, -0.15) is 0 Å². The van der Waals surface area contributed by atoms with E-state index in [0.717, 1.165) is 12.8 Å². The summed E-state index contributed by atoms with van der Waals surface area (Å²) in [6, 6.07) is 14.3. The molecule has 120 valence electrons. The van der Waals surface area contributed by atoms with Crippen molar-refractivity contribution in [3.8, 4) is 11.5 Å². The Kier molecular flexibility index (Phi) is 13.8. The topological polar surface area (TPSA) is 46.1 Å². The Hall–Kier alpha value is -0.389. The molecule has 0 aliphatic heterocycles. The number of benzene rings is 2. The van der Waals surface area contributed by atoms with Gasteiger partial charge in [-0.3, -0.25) is 0 Å². The zero-order valence-corrected chi connectivity index (χ0v) is 18.8. The Labute approximate surface area is 181 Å². The first-order valence-corrected chi connectivity index (χ1v) is 8.17. The average Bonchev–Trinajstić information content (AvgIpc) is 2.52. The molecule has 0 unspecified atom stereocenters. The molecule has 0 aliphatic rings. The molecule has 3 heteroatoms. The van der Waals surface area contributed by atoms with Crippen LogP contribution in [0.25, 0.3) is 0 Å². The van der Waals surface area contributed by atoms with E-state index in [1.807, 2.05) is 24.3 Å². The van der Waals surface area contributed by atoms with Gasteiger partial charge >= 0.3 is 48.9 Å². The molecule has 2 aromatic rings. The summed E-state index contributed by atoms with van der Waals surface area (Å²) in [6.07, 6.45) is 6.78. The monoisotopic (exact) mass is 436 g/mol. The van der Waals surface area contributed by atoms with Gasteiger partial charge < -0.3 is 10.2 Å². The van der Waals surface area contributed by atoms with Crippen molar-refractivity contribution in [3.05, 3.63) is 59.7 Å². The molecule has 0 bridgehead atoms. The molecule has 23 heavy (non-hydrogen) atoms. The third-order valence-electron chi connectivity index (χ3n) is 3.43. The van der Waals surface area contributed by atoms with Gasteiger partial charge in [-0.25, -0.2) is 0 Å². The summed E-state index contributed by atoms with van der Waals surface area (Å²) in [5.74, 6) is 0.247. The van der Waals surface area contributed by atoms with Crippen LogP contribution in [0, 0.1) is 0 Å². The Bertz CT molecular complexity index is 491. The predicted molar refractivity (Wildman–Crippen MR) is 94.8 cm³/mol. The Morgan fingerprint density at radius 3 is 1.39 bits per heavy atom. The van der Waals surface area contributed by atoms with Gasteiger partial charge in [0.2, 0.25) is 0 Å². The fourth-order valence-electron chi connectivity index (χ4n) is 2.16. The average molecular weight is 436 g/mol. The second-order valence-electron chi connectivity index (χ2n) is 5.50. The van der Waals surface area contributed by atoms with Crippen molar-refractivity contribution in [2.24, 2.45) is 0 Å². The molecule has 0 fully saturated rings. The normalized spacial score (nSPS) is 9.48. The Morgan fingerprint density at radius 2 is 1.09 bits per heavy atom. The van der Waals surface area contributed by atoms with Crippen molar-refractivity contribution >= 4 is 48.9 Å². The molecule has 0 aliphatic carbocycles. The first kappa shape index (κ1) is 22.6. The first-order valence-electron chi connectivity index (χ1n) is 8.17. The van der Waals surface area contributed by atoms with Crippen LogP contribution in [-0.2, 0) is 12.8 Å². The van der Waals surface area contributed by atoms with Crippen molar-refractivity contribution in [1.29, 1.82) is 0 Å². The maximum Gasteiger partial charge on any atom is 2.00 e. The third kappa shape index (κ3) is 10.9. The summed E-state index contributed by atoms with van der Waals surface area (Å²) in [6.45, 7) is 4.31. The second kappa shape index (κ2) is 14.0. The maximum atomic E-state index is 10.9. The van der Waals surface area contributed by atoms with E-state index >= 15 is 0 Å². The molecule has 0 saturated heterocycles. The molecule has 0 saturated carbocycles. The van der Waals surface area contributed by atoms with Gasteiger partial charge in [0.05, 0.1) is 0 Å². The molecular weight excluding hydrogens is 410 g/mol. The summed E-state index contributed by atoms with van der Waals surface area (Å²) in [4.78, 5) is 0. The molecule has 2 rings (SSSR count). The fraction of sp³-hybridized carbons (Fsp3) is 0.400. The minimum Gasteiger partial charge on any atom is -0.872 e. The van der Waals surface area contributed by atoms with Crippen LogP contribution in [0.1, 0.15) is 50.7 Å². The van der Waals surface area contributed by atoms with E-state index in [4.69, 9.17) is 0 Å². The number of rotatable bonds is 6. The van der Waals surface area contributed by atoms with E-state index in [1.165, 1.54) is 36.8 Å².